The molecule has 0 fully saturated rings. The maximum absolute atomic E-state index is 13.4. The summed E-state index contributed by atoms with van der Waals surface area (Å²) in [5.41, 5.74) is 4.41. The van der Waals surface area contributed by atoms with Gasteiger partial charge in [0.2, 0.25) is 0 Å². The molecule has 2 aromatic heterocycles. The number of furan rings is 1. The number of benzene rings is 3. The topological polar surface area (TPSA) is 75.9 Å². The molecule has 0 saturated carbocycles. The molecule has 8 heteroatoms. The van der Waals surface area contributed by atoms with Gasteiger partial charge in [-0.2, -0.15) is 0 Å². The molecule has 7 nitrogen and oxygen atoms in total. The first kappa shape index (κ1) is 25.6. The van der Waals surface area contributed by atoms with E-state index in [2.05, 4.69) is 11.1 Å². The summed E-state index contributed by atoms with van der Waals surface area (Å²) in [4.78, 5) is 34.3. The van der Waals surface area contributed by atoms with E-state index in [0.717, 1.165) is 23.2 Å². The molecule has 1 unspecified atom stereocenters. The smallest absolute Gasteiger partial charge is 0.290 e. The van der Waals surface area contributed by atoms with Crippen molar-refractivity contribution in [2.75, 3.05) is 18.5 Å². The van der Waals surface area contributed by atoms with Gasteiger partial charge in [-0.3, -0.25) is 9.59 Å². The van der Waals surface area contributed by atoms with Crippen LogP contribution in [0.25, 0.3) is 0 Å². The molecule has 2 amide bonds. The first-order valence-electron chi connectivity index (χ1n) is 13.0. The summed E-state index contributed by atoms with van der Waals surface area (Å²) in [5.74, 6) is 0.686. The van der Waals surface area contributed by atoms with Gasteiger partial charge in [0.15, 0.2) is 5.76 Å². The molecule has 0 bridgehead atoms. The predicted molar refractivity (Wildman–Crippen MR) is 154 cm³/mol. The van der Waals surface area contributed by atoms with Crippen molar-refractivity contribution < 1.29 is 18.7 Å². The Kier molecular flexibility index (Phi) is 7.16. The van der Waals surface area contributed by atoms with Crippen LogP contribution in [0.5, 0.6) is 5.75 Å². The maximum Gasteiger partial charge on any atom is 0.290 e. The fraction of sp³-hybridized carbons (Fsp3) is 0.156. The molecule has 3 heterocycles. The fourth-order valence-electron chi connectivity index (χ4n) is 5.00. The SMILES string of the molecule is CN(C(=O)c1csc(COc2ccc3c(c2)C(c2ccccc2)N(C(=O)c2ccco2)CC3)n1)c1ccccc1. The lowest BCUT2D eigenvalue weighted by atomic mass is 9.87. The number of rotatable bonds is 7. The highest BCUT2D eigenvalue weighted by atomic mass is 32.1. The van der Waals surface area contributed by atoms with Crippen LogP contribution < -0.4 is 9.64 Å². The van der Waals surface area contributed by atoms with E-state index in [9.17, 15) is 9.59 Å². The Balaban J connectivity index is 1.22. The van der Waals surface area contributed by atoms with E-state index in [0.29, 0.717) is 28.8 Å². The van der Waals surface area contributed by atoms with Crippen LogP contribution in [-0.4, -0.2) is 35.3 Å². The van der Waals surface area contributed by atoms with E-state index in [1.165, 1.54) is 23.2 Å². The summed E-state index contributed by atoms with van der Waals surface area (Å²) in [6, 6.07) is 28.7. The van der Waals surface area contributed by atoms with Crippen LogP contribution in [0.15, 0.2) is 107 Å². The van der Waals surface area contributed by atoms with Gasteiger partial charge in [-0.1, -0.05) is 54.6 Å². The molecule has 0 saturated heterocycles. The zero-order valence-corrected chi connectivity index (χ0v) is 22.7. The zero-order valence-electron chi connectivity index (χ0n) is 21.9. The van der Waals surface area contributed by atoms with Crippen LogP contribution >= 0.6 is 11.3 Å². The molecule has 200 valence electrons. The Morgan fingerprint density at radius 1 is 1.02 bits per heavy atom. The monoisotopic (exact) mass is 549 g/mol. The minimum atomic E-state index is -0.274. The quantitative estimate of drug-likeness (QED) is 0.236. The second-order valence-corrected chi connectivity index (χ2v) is 10.5. The van der Waals surface area contributed by atoms with Crippen LogP contribution in [0, 0.1) is 0 Å². The number of para-hydroxylation sites is 1. The number of hydrogen-bond acceptors (Lipinski definition) is 6. The second-order valence-electron chi connectivity index (χ2n) is 9.51. The van der Waals surface area contributed by atoms with Crippen molar-refractivity contribution in [2.24, 2.45) is 0 Å². The van der Waals surface area contributed by atoms with Crippen molar-refractivity contribution in [1.82, 2.24) is 9.88 Å². The van der Waals surface area contributed by atoms with Gasteiger partial charge in [0.25, 0.3) is 11.8 Å². The van der Waals surface area contributed by atoms with Crippen molar-refractivity contribution >= 4 is 28.8 Å². The van der Waals surface area contributed by atoms with Gasteiger partial charge < -0.3 is 19.0 Å². The summed E-state index contributed by atoms with van der Waals surface area (Å²) >= 11 is 1.39. The molecule has 1 aliphatic heterocycles. The Hall–Kier alpha value is -4.69. The van der Waals surface area contributed by atoms with Gasteiger partial charge in [-0.25, -0.2) is 4.98 Å². The number of fused-ring (bicyclic) bond motifs is 1. The third-order valence-corrected chi connectivity index (χ3v) is 7.86. The highest BCUT2D eigenvalue weighted by Gasteiger charge is 2.34. The van der Waals surface area contributed by atoms with Crippen LogP contribution in [0.2, 0.25) is 0 Å². The lowest BCUT2D eigenvalue weighted by Crippen LogP contribution is -2.40. The summed E-state index contributed by atoms with van der Waals surface area (Å²) in [7, 11) is 1.74. The number of nitrogens with zero attached hydrogens (tertiary/aromatic N) is 3. The number of ether oxygens (including phenoxy) is 1. The van der Waals surface area contributed by atoms with E-state index < -0.39 is 0 Å². The molecule has 40 heavy (non-hydrogen) atoms. The van der Waals surface area contributed by atoms with Crippen molar-refractivity contribution in [3.63, 3.8) is 0 Å². The highest BCUT2D eigenvalue weighted by molar-refractivity contribution is 7.09. The predicted octanol–water partition coefficient (Wildman–Crippen LogP) is 6.38. The van der Waals surface area contributed by atoms with Crippen LogP contribution in [0.3, 0.4) is 0 Å². The lowest BCUT2D eigenvalue weighted by Gasteiger charge is -2.37. The molecule has 1 atom stereocenters. The first-order chi connectivity index (χ1) is 19.6. The van der Waals surface area contributed by atoms with Crippen LogP contribution in [0.4, 0.5) is 5.69 Å². The molecule has 1 aliphatic rings. The average molecular weight is 550 g/mol. The lowest BCUT2D eigenvalue weighted by molar-refractivity contribution is 0.0661. The van der Waals surface area contributed by atoms with Gasteiger partial charge in [0.05, 0.1) is 12.3 Å². The number of carbonyl (C=O) groups excluding carboxylic acids is 2. The average Bonchev–Trinajstić information content (AvgIpc) is 3.72. The third kappa shape index (κ3) is 5.13. The van der Waals surface area contributed by atoms with Crippen molar-refractivity contribution in [1.29, 1.82) is 0 Å². The number of amides is 2. The first-order valence-corrected chi connectivity index (χ1v) is 13.9. The Morgan fingerprint density at radius 3 is 2.55 bits per heavy atom. The van der Waals surface area contributed by atoms with Crippen molar-refractivity contribution in [3.05, 3.63) is 136 Å². The molecular formula is C32H27N3O4S. The van der Waals surface area contributed by atoms with Crippen LogP contribution in [0.1, 0.15) is 48.8 Å². The van der Waals surface area contributed by atoms with E-state index >= 15 is 0 Å². The van der Waals surface area contributed by atoms with Gasteiger partial charge >= 0.3 is 0 Å². The van der Waals surface area contributed by atoms with E-state index in [1.54, 1.807) is 29.5 Å². The van der Waals surface area contributed by atoms with Crippen molar-refractivity contribution in [3.8, 4) is 5.75 Å². The highest BCUT2D eigenvalue weighted by Crippen LogP contribution is 2.38. The van der Waals surface area contributed by atoms with Gasteiger partial charge in [0.1, 0.15) is 23.1 Å². The number of hydrogen-bond donors (Lipinski definition) is 0. The molecule has 0 radical (unpaired) electrons. The summed E-state index contributed by atoms with van der Waals surface area (Å²) in [6.45, 7) is 0.816. The minimum Gasteiger partial charge on any atom is -0.486 e. The van der Waals surface area contributed by atoms with E-state index in [1.807, 2.05) is 77.7 Å². The summed E-state index contributed by atoms with van der Waals surface area (Å²) in [6.07, 6.45) is 2.25. The number of aromatic nitrogens is 1. The zero-order chi connectivity index (χ0) is 27.5. The maximum atomic E-state index is 13.4. The normalized spacial score (nSPS) is 14.4. The van der Waals surface area contributed by atoms with Gasteiger partial charge in [0, 0.05) is 24.7 Å². The Bertz CT molecular complexity index is 1620. The van der Waals surface area contributed by atoms with E-state index in [4.69, 9.17) is 9.15 Å². The van der Waals surface area contributed by atoms with Crippen molar-refractivity contribution in [2.45, 2.75) is 19.1 Å². The third-order valence-electron chi connectivity index (χ3n) is 7.04. The number of anilines is 1. The largest absolute Gasteiger partial charge is 0.486 e. The van der Waals surface area contributed by atoms with Gasteiger partial charge in [-0.15, -0.1) is 11.3 Å². The molecule has 0 aliphatic carbocycles. The molecule has 3 aromatic carbocycles. The molecular weight excluding hydrogens is 522 g/mol. The Labute approximate surface area is 236 Å². The molecule has 0 spiro atoms. The fourth-order valence-corrected chi connectivity index (χ4v) is 5.68. The summed E-state index contributed by atoms with van der Waals surface area (Å²) < 4.78 is 11.6. The van der Waals surface area contributed by atoms with Crippen LogP contribution in [-0.2, 0) is 13.0 Å². The second kappa shape index (κ2) is 11.2. The number of carbonyl (C=O) groups is 2. The Morgan fingerprint density at radius 2 is 1.80 bits per heavy atom. The molecule has 5 aromatic rings. The standard InChI is InChI=1S/C32H27N3O4S/c1-34(24-11-6-3-7-12-24)31(36)27-21-40-29(33-27)20-39-25-15-14-22-16-17-35(32(37)28-13-8-18-38-28)30(26(22)19-25)23-9-4-2-5-10-23/h2-15,18-19,21,30H,16-17,20H2,1H3. The van der Waals surface area contributed by atoms with Gasteiger partial charge in [-0.05, 0) is 59.5 Å². The molecule has 6 rings (SSSR count). The molecule has 0 N–H and O–H groups in total. The minimum absolute atomic E-state index is 0.142. The number of thiazole rings is 1. The summed E-state index contributed by atoms with van der Waals surface area (Å²) in [5, 5.41) is 2.47. The van der Waals surface area contributed by atoms with E-state index in [-0.39, 0.29) is 24.5 Å².